The van der Waals surface area contributed by atoms with E-state index in [0.29, 0.717) is 18.4 Å². The van der Waals surface area contributed by atoms with Crippen molar-refractivity contribution in [3.05, 3.63) is 65.7 Å². The number of likely N-dealkylation sites (tertiary alicyclic amines) is 1. The summed E-state index contributed by atoms with van der Waals surface area (Å²) in [4.78, 5) is 17.4. The monoisotopic (exact) mass is 448 g/mol. The fourth-order valence-corrected chi connectivity index (χ4v) is 5.27. The van der Waals surface area contributed by atoms with Gasteiger partial charge in [-0.15, -0.1) is 0 Å². The number of piperidine rings is 1. The maximum atomic E-state index is 12.9. The van der Waals surface area contributed by atoms with E-state index in [1.165, 1.54) is 30.4 Å². The number of likely N-dealkylation sites (N-methyl/N-ethyl adjacent to an activating group) is 1. The van der Waals surface area contributed by atoms with Crippen LogP contribution in [0.25, 0.3) is 0 Å². The van der Waals surface area contributed by atoms with Crippen molar-refractivity contribution in [3.8, 4) is 5.75 Å². The van der Waals surface area contributed by atoms with E-state index in [2.05, 4.69) is 71.4 Å². The molecule has 33 heavy (non-hydrogen) atoms. The predicted molar refractivity (Wildman–Crippen MR) is 134 cm³/mol. The van der Waals surface area contributed by atoms with Gasteiger partial charge >= 0.3 is 0 Å². The van der Waals surface area contributed by atoms with E-state index in [1.54, 1.807) is 0 Å². The molecule has 178 valence electrons. The van der Waals surface area contributed by atoms with E-state index >= 15 is 0 Å². The zero-order valence-corrected chi connectivity index (χ0v) is 20.3. The Morgan fingerprint density at radius 3 is 2.45 bits per heavy atom. The smallest absolute Gasteiger partial charge is 0.225 e. The third-order valence-electron chi connectivity index (χ3n) is 7.27. The molecule has 0 spiro atoms. The first-order chi connectivity index (χ1) is 16.2. The Morgan fingerprint density at radius 1 is 0.939 bits per heavy atom. The number of nitrogens with zero attached hydrogens (tertiary/aromatic N) is 2. The first kappa shape index (κ1) is 23.8. The van der Waals surface area contributed by atoms with E-state index in [0.717, 1.165) is 64.0 Å². The molecule has 4 nitrogen and oxygen atoms in total. The van der Waals surface area contributed by atoms with Crippen LogP contribution in [0.4, 0.5) is 0 Å². The molecule has 2 aromatic rings. The van der Waals surface area contributed by atoms with Crippen molar-refractivity contribution < 1.29 is 9.53 Å². The Balaban J connectivity index is 1.19. The number of carbonyl (C=O) groups excluding carboxylic acids is 1. The third-order valence-corrected chi connectivity index (χ3v) is 7.27. The molecule has 1 aliphatic heterocycles. The lowest BCUT2D eigenvalue weighted by Gasteiger charge is -2.35. The van der Waals surface area contributed by atoms with Gasteiger partial charge in [0, 0.05) is 38.0 Å². The maximum Gasteiger partial charge on any atom is 0.225 e. The minimum atomic E-state index is 0.275. The third kappa shape index (κ3) is 7.33. The number of rotatable bonds is 9. The average Bonchev–Trinajstić information content (AvgIpc) is 2.88. The SMILES string of the molecule is CN(CCc1ccccc1)Cc1ccc(OC[C@H]2CCCN(C(=O)C3CCCCC3)C2)cc1. The molecule has 1 saturated carbocycles. The Labute approximate surface area is 199 Å². The lowest BCUT2D eigenvalue weighted by Crippen LogP contribution is -2.44. The molecule has 0 N–H and O–H groups in total. The fourth-order valence-electron chi connectivity index (χ4n) is 5.27. The van der Waals surface area contributed by atoms with Crippen molar-refractivity contribution in [3.63, 3.8) is 0 Å². The summed E-state index contributed by atoms with van der Waals surface area (Å²) in [6, 6.07) is 19.2. The summed E-state index contributed by atoms with van der Waals surface area (Å²) in [5.41, 5.74) is 2.69. The van der Waals surface area contributed by atoms with Crippen molar-refractivity contribution in [1.82, 2.24) is 9.80 Å². The molecular formula is C29H40N2O2. The van der Waals surface area contributed by atoms with Gasteiger partial charge in [0.25, 0.3) is 0 Å². The van der Waals surface area contributed by atoms with E-state index in [-0.39, 0.29) is 5.92 Å². The highest BCUT2D eigenvalue weighted by molar-refractivity contribution is 5.79. The summed E-state index contributed by atoms with van der Waals surface area (Å²) >= 11 is 0. The zero-order chi connectivity index (χ0) is 22.9. The molecule has 2 aromatic carbocycles. The van der Waals surface area contributed by atoms with Crippen LogP contribution in [0.3, 0.4) is 0 Å². The Kier molecular flexibility index (Phi) is 8.82. The van der Waals surface area contributed by atoms with Gasteiger partial charge < -0.3 is 14.5 Å². The predicted octanol–water partition coefficient (Wildman–Crippen LogP) is 5.56. The summed E-state index contributed by atoms with van der Waals surface area (Å²) in [5.74, 6) is 2.05. The largest absolute Gasteiger partial charge is 0.493 e. The molecule has 1 saturated heterocycles. The topological polar surface area (TPSA) is 32.8 Å². The van der Waals surface area contributed by atoms with Crippen LogP contribution in [0.15, 0.2) is 54.6 Å². The van der Waals surface area contributed by atoms with Crippen molar-refractivity contribution in [2.75, 3.05) is 33.3 Å². The summed E-state index contributed by atoms with van der Waals surface area (Å²) in [7, 11) is 2.18. The zero-order valence-electron chi connectivity index (χ0n) is 20.3. The van der Waals surface area contributed by atoms with E-state index in [1.807, 2.05) is 0 Å². The number of carbonyl (C=O) groups is 1. The molecule has 1 atom stereocenters. The second-order valence-corrected chi connectivity index (χ2v) is 10.1. The Hall–Kier alpha value is -2.33. The van der Waals surface area contributed by atoms with Crippen molar-refractivity contribution in [1.29, 1.82) is 0 Å². The number of hydrogen-bond donors (Lipinski definition) is 0. The lowest BCUT2D eigenvalue weighted by molar-refractivity contribution is -0.138. The van der Waals surface area contributed by atoms with Crippen LogP contribution in [0.1, 0.15) is 56.1 Å². The number of benzene rings is 2. The fraction of sp³-hybridized carbons (Fsp3) is 0.552. The number of amides is 1. The van der Waals surface area contributed by atoms with Crippen LogP contribution in [0.5, 0.6) is 5.75 Å². The van der Waals surface area contributed by atoms with Crippen LogP contribution in [0.2, 0.25) is 0 Å². The molecule has 4 heteroatoms. The van der Waals surface area contributed by atoms with Gasteiger partial charge in [0.1, 0.15) is 5.75 Å². The summed E-state index contributed by atoms with van der Waals surface area (Å²) in [5, 5.41) is 0. The molecule has 2 aliphatic rings. The second kappa shape index (κ2) is 12.2. The molecule has 0 radical (unpaired) electrons. The molecule has 0 aromatic heterocycles. The standard InChI is InChI=1S/C29H40N2O2/c1-30(20-18-24-9-4-2-5-10-24)21-25-14-16-28(17-15-25)33-23-26-11-8-19-31(22-26)29(32)27-12-6-3-7-13-27/h2,4-5,9-10,14-17,26-27H,3,6-8,11-13,18-23H2,1H3/t26-/m0/s1. The first-order valence-electron chi connectivity index (χ1n) is 12.9. The van der Waals surface area contributed by atoms with Gasteiger partial charge in [-0.3, -0.25) is 4.79 Å². The summed E-state index contributed by atoms with van der Waals surface area (Å²) < 4.78 is 6.13. The van der Waals surface area contributed by atoms with Crippen LogP contribution in [-0.2, 0) is 17.8 Å². The van der Waals surface area contributed by atoms with Gasteiger partial charge in [0.05, 0.1) is 6.61 Å². The first-order valence-corrected chi connectivity index (χ1v) is 12.9. The average molecular weight is 449 g/mol. The van der Waals surface area contributed by atoms with Crippen molar-refractivity contribution in [2.24, 2.45) is 11.8 Å². The van der Waals surface area contributed by atoms with Crippen LogP contribution < -0.4 is 4.74 Å². The van der Waals surface area contributed by atoms with E-state index < -0.39 is 0 Å². The molecule has 4 rings (SSSR count). The summed E-state index contributed by atoms with van der Waals surface area (Å²) in [6.45, 7) is 4.47. The van der Waals surface area contributed by atoms with Crippen LogP contribution in [-0.4, -0.2) is 49.0 Å². The molecular weight excluding hydrogens is 408 g/mol. The second-order valence-electron chi connectivity index (χ2n) is 10.1. The molecule has 2 fully saturated rings. The molecule has 1 heterocycles. The molecule has 1 amide bonds. The van der Waals surface area contributed by atoms with Crippen molar-refractivity contribution in [2.45, 2.75) is 57.9 Å². The van der Waals surface area contributed by atoms with E-state index in [9.17, 15) is 4.79 Å². The minimum absolute atomic E-state index is 0.275. The van der Waals surface area contributed by atoms with Gasteiger partial charge in [-0.25, -0.2) is 0 Å². The number of ether oxygens (including phenoxy) is 1. The summed E-state index contributed by atoms with van der Waals surface area (Å²) in [6.07, 6.45) is 9.22. The van der Waals surface area contributed by atoms with Gasteiger partial charge in [-0.05, 0) is 62.4 Å². The highest BCUT2D eigenvalue weighted by atomic mass is 16.5. The Morgan fingerprint density at radius 2 is 1.70 bits per heavy atom. The van der Waals surface area contributed by atoms with Crippen LogP contribution in [0, 0.1) is 11.8 Å². The lowest BCUT2D eigenvalue weighted by atomic mass is 9.87. The number of hydrogen-bond acceptors (Lipinski definition) is 3. The van der Waals surface area contributed by atoms with Gasteiger partial charge in [0.15, 0.2) is 0 Å². The molecule has 1 aliphatic carbocycles. The Bertz CT molecular complexity index is 846. The van der Waals surface area contributed by atoms with Gasteiger partial charge in [-0.1, -0.05) is 61.7 Å². The quantitative estimate of drug-likeness (QED) is 0.504. The highest BCUT2D eigenvalue weighted by Crippen LogP contribution is 2.28. The minimum Gasteiger partial charge on any atom is -0.493 e. The molecule has 0 bridgehead atoms. The van der Waals surface area contributed by atoms with Gasteiger partial charge in [-0.2, -0.15) is 0 Å². The van der Waals surface area contributed by atoms with E-state index in [4.69, 9.17) is 4.74 Å². The van der Waals surface area contributed by atoms with Crippen molar-refractivity contribution >= 4 is 5.91 Å². The van der Waals surface area contributed by atoms with Gasteiger partial charge in [0.2, 0.25) is 5.91 Å². The molecule has 0 unspecified atom stereocenters. The normalized spacial score (nSPS) is 19.6. The highest BCUT2D eigenvalue weighted by Gasteiger charge is 2.29. The maximum absolute atomic E-state index is 12.9. The van der Waals surface area contributed by atoms with Crippen LogP contribution >= 0.6 is 0 Å².